The SMILES string of the molecule is Cc1ncc(Cc2cccc3ncccc23)cc1C(F)(F)F. The van der Waals surface area contributed by atoms with Gasteiger partial charge in [0.1, 0.15) is 0 Å². The van der Waals surface area contributed by atoms with Gasteiger partial charge in [-0.15, -0.1) is 0 Å². The smallest absolute Gasteiger partial charge is 0.261 e. The number of rotatable bonds is 2. The van der Waals surface area contributed by atoms with Crippen molar-refractivity contribution in [3.05, 3.63) is 71.2 Å². The monoisotopic (exact) mass is 302 g/mol. The Morgan fingerprint density at radius 2 is 1.86 bits per heavy atom. The van der Waals surface area contributed by atoms with Crippen LogP contribution in [0.4, 0.5) is 13.2 Å². The molecule has 0 aliphatic rings. The summed E-state index contributed by atoms with van der Waals surface area (Å²) in [6, 6.07) is 10.6. The molecule has 2 heterocycles. The Balaban J connectivity index is 2.03. The molecule has 0 N–H and O–H groups in total. The second kappa shape index (κ2) is 5.40. The van der Waals surface area contributed by atoms with Crippen molar-refractivity contribution < 1.29 is 13.2 Å². The third kappa shape index (κ3) is 2.79. The number of hydrogen-bond acceptors (Lipinski definition) is 2. The minimum absolute atomic E-state index is 0.00386. The highest BCUT2D eigenvalue weighted by molar-refractivity contribution is 5.82. The lowest BCUT2D eigenvalue weighted by atomic mass is 10.00. The molecule has 3 aromatic rings. The Labute approximate surface area is 125 Å². The van der Waals surface area contributed by atoms with Crippen LogP contribution in [0.25, 0.3) is 10.9 Å². The highest BCUT2D eigenvalue weighted by Crippen LogP contribution is 2.32. The van der Waals surface area contributed by atoms with E-state index in [1.807, 2.05) is 30.3 Å². The lowest BCUT2D eigenvalue weighted by Gasteiger charge is -2.12. The van der Waals surface area contributed by atoms with Gasteiger partial charge in [0.25, 0.3) is 0 Å². The topological polar surface area (TPSA) is 25.8 Å². The molecule has 0 saturated heterocycles. The number of halogens is 3. The maximum atomic E-state index is 13.0. The predicted molar refractivity (Wildman–Crippen MR) is 78.5 cm³/mol. The predicted octanol–water partition coefficient (Wildman–Crippen LogP) is 4.55. The molecule has 0 spiro atoms. The maximum Gasteiger partial charge on any atom is 0.418 e. The summed E-state index contributed by atoms with van der Waals surface area (Å²) in [7, 11) is 0. The van der Waals surface area contributed by atoms with Gasteiger partial charge in [0.05, 0.1) is 11.1 Å². The van der Waals surface area contributed by atoms with E-state index in [1.165, 1.54) is 19.2 Å². The van der Waals surface area contributed by atoms with Gasteiger partial charge in [0.15, 0.2) is 0 Å². The highest BCUT2D eigenvalue weighted by atomic mass is 19.4. The first kappa shape index (κ1) is 14.5. The van der Waals surface area contributed by atoms with E-state index < -0.39 is 11.7 Å². The first-order chi connectivity index (χ1) is 10.4. The first-order valence-electron chi connectivity index (χ1n) is 6.80. The second-order valence-corrected chi connectivity index (χ2v) is 5.14. The zero-order valence-corrected chi connectivity index (χ0v) is 11.9. The summed E-state index contributed by atoms with van der Waals surface area (Å²) in [5, 5.41) is 0.944. The highest BCUT2D eigenvalue weighted by Gasteiger charge is 2.33. The molecule has 0 aliphatic carbocycles. The van der Waals surface area contributed by atoms with Crippen LogP contribution in [-0.4, -0.2) is 9.97 Å². The number of fused-ring (bicyclic) bond motifs is 1. The molecule has 3 rings (SSSR count). The molecule has 112 valence electrons. The van der Waals surface area contributed by atoms with Crippen LogP contribution in [0.3, 0.4) is 0 Å². The number of aromatic nitrogens is 2. The van der Waals surface area contributed by atoms with Gasteiger partial charge < -0.3 is 0 Å². The molecule has 5 heteroatoms. The van der Waals surface area contributed by atoms with Crippen LogP contribution in [0.2, 0.25) is 0 Å². The summed E-state index contributed by atoms with van der Waals surface area (Å²) >= 11 is 0. The molecule has 1 aromatic carbocycles. The van der Waals surface area contributed by atoms with E-state index in [-0.39, 0.29) is 5.69 Å². The molecular weight excluding hydrogens is 289 g/mol. The quantitative estimate of drug-likeness (QED) is 0.694. The Bertz CT molecular complexity index is 820. The van der Waals surface area contributed by atoms with E-state index in [4.69, 9.17) is 0 Å². The van der Waals surface area contributed by atoms with Crippen LogP contribution in [0.5, 0.6) is 0 Å². The van der Waals surface area contributed by atoms with E-state index >= 15 is 0 Å². The summed E-state index contributed by atoms with van der Waals surface area (Å²) in [6.45, 7) is 1.37. The van der Waals surface area contributed by atoms with Crippen LogP contribution in [0.1, 0.15) is 22.4 Å². The van der Waals surface area contributed by atoms with Gasteiger partial charge in [-0.05, 0) is 42.7 Å². The number of benzene rings is 1. The van der Waals surface area contributed by atoms with Crippen molar-refractivity contribution in [3.8, 4) is 0 Å². The normalized spacial score (nSPS) is 11.8. The Kier molecular flexibility index (Phi) is 3.56. The second-order valence-electron chi connectivity index (χ2n) is 5.14. The fourth-order valence-corrected chi connectivity index (χ4v) is 2.50. The Hall–Kier alpha value is -2.43. The van der Waals surface area contributed by atoms with Crippen LogP contribution in [-0.2, 0) is 12.6 Å². The summed E-state index contributed by atoms with van der Waals surface area (Å²) in [5.41, 5.74) is 1.62. The third-order valence-corrected chi connectivity index (χ3v) is 3.58. The van der Waals surface area contributed by atoms with E-state index in [1.54, 1.807) is 6.20 Å². The van der Waals surface area contributed by atoms with Crippen molar-refractivity contribution in [2.75, 3.05) is 0 Å². The molecular formula is C17H13F3N2. The number of hydrogen-bond donors (Lipinski definition) is 0. The molecule has 2 aromatic heterocycles. The Morgan fingerprint density at radius 3 is 2.64 bits per heavy atom. The van der Waals surface area contributed by atoms with Crippen LogP contribution in [0, 0.1) is 6.92 Å². The lowest BCUT2D eigenvalue weighted by Crippen LogP contribution is -2.09. The average Bonchev–Trinajstić information content (AvgIpc) is 2.48. The van der Waals surface area contributed by atoms with Crippen molar-refractivity contribution in [1.29, 1.82) is 0 Å². The van der Waals surface area contributed by atoms with Gasteiger partial charge in [-0.2, -0.15) is 13.2 Å². The third-order valence-electron chi connectivity index (χ3n) is 3.58. The van der Waals surface area contributed by atoms with Gasteiger partial charge in [0.2, 0.25) is 0 Å². The molecule has 0 fully saturated rings. The number of alkyl halides is 3. The van der Waals surface area contributed by atoms with E-state index in [9.17, 15) is 13.2 Å². The van der Waals surface area contributed by atoms with Gasteiger partial charge in [-0.1, -0.05) is 18.2 Å². The van der Waals surface area contributed by atoms with Gasteiger partial charge >= 0.3 is 6.18 Å². The minimum atomic E-state index is -4.38. The molecule has 0 radical (unpaired) electrons. The molecule has 22 heavy (non-hydrogen) atoms. The summed E-state index contributed by atoms with van der Waals surface area (Å²) < 4.78 is 38.9. The standard InChI is InChI=1S/C17H13F3N2/c1-11-15(17(18,19)20)9-12(10-22-11)8-13-4-2-6-16-14(13)5-3-7-21-16/h2-7,9-10H,8H2,1H3. The number of aryl methyl sites for hydroxylation is 1. The van der Waals surface area contributed by atoms with Gasteiger partial charge in [-0.25, -0.2) is 0 Å². The first-order valence-corrected chi connectivity index (χ1v) is 6.80. The molecule has 0 saturated carbocycles. The fourth-order valence-electron chi connectivity index (χ4n) is 2.50. The molecule has 2 nitrogen and oxygen atoms in total. The zero-order valence-electron chi connectivity index (χ0n) is 11.9. The molecule has 0 atom stereocenters. The van der Waals surface area contributed by atoms with E-state index in [2.05, 4.69) is 9.97 Å². The molecule has 0 bridgehead atoms. The summed E-state index contributed by atoms with van der Waals surface area (Å²) in [6.07, 6.45) is -0.798. The van der Waals surface area contributed by atoms with Crippen molar-refractivity contribution in [3.63, 3.8) is 0 Å². The summed E-state index contributed by atoms with van der Waals surface area (Å²) in [5.74, 6) is 0. The van der Waals surface area contributed by atoms with Gasteiger partial charge in [0, 0.05) is 23.5 Å². The van der Waals surface area contributed by atoms with Crippen molar-refractivity contribution in [2.24, 2.45) is 0 Å². The largest absolute Gasteiger partial charge is 0.418 e. The maximum absolute atomic E-state index is 13.0. The zero-order chi connectivity index (χ0) is 15.7. The molecule has 0 amide bonds. The average molecular weight is 302 g/mol. The van der Waals surface area contributed by atoms with Gasteiger partial charge in [-0.3, -0.25) is 9.97 Å². The Morgan fingerprint density at radius 1 is 1.05 bits per heavy atom. The van der Waals surface area contributed by atoms with Crippen molar-refractivity contribution in [2.45, 2.75) is 19.5 Å². The van der Waals surface area contributed by atoms with E-state index in [0.29, 0.717) is 12.0 Å². The number of pyridine rings is 2. The van der Waals surface area contributed by atoms with Crippen molar-refractivity contribution in [1.82, 2.24) is 9.97 Å². The minimum Gasteiger partial charge on any atom is -0.261 e. The van der Waals surface area contributed by atoms with Crippen LogP contribution < -0.4 is 0 Å². The fraction of sp³-hybridized carbons (Fsp3) is 0.176. The van der Waals surface area contributed by atoms with Crippen LogP contribution >= 0.6 is 0 Å². The molecule has 0 unspecified atom stereocenters. The van der Waals surface area contributed by atoms with E-state index in [0.717, 1.165) is 16.5 Å². The lowest BCUT2D eigenvalue weighted by molar-refractivity contribution is -0.138. The summed E-state index contributed by atoms with van der Waals surface area (Å²) in [4.78, 5) is 8.14. The van der Waals surface area contributed by atoms with Crippen molar-refractivity contribution >= 4 is 10.9 Å². The number of nitrogens with zero attached hydrogens (tertiary/aromatic N) is 2. The van der Waals surface area contributed by atoms with Crippen LogP contribution in [0.15, 0.2) is 48.8 Å². The molecule has 0 aliphatic heterocycles.